The highest BCUT2D eigenvalue weighted by Crippen LogP contribution is 2.27. The second-order valence-electron chi connectivity index (χ2n) is 2.99. The molecule has 0 heterocycles. The lowest BCUT2D eigenvalue weighted by Gasteiger charge is -2.09. The summed E-state index contributed by atoms with van der Waals surface area (Å²) in [6.07, 6.45) is 1.72. The van der Waals surface area contributed by atoms with Crippen molar-refractivity contribution >= 4 is 0 Å². The number of hydrogen-bond acceptors (Lipinski definition) is 3. The van der Waals surface area contributed by atoms with Crippen LogP contribution in [0.4, 0.5) is 0 Å². The first-order chi connectivity index (χ1) is 7.31. The Bertz CT molecular complexity index is 321. The largest absolute Gasteiger partial charge is 0.493 e. The van der Waals surface area contributed by atoms with E-state index in [1.807, 2.05) is 18.2 Å². The summed E-state index contributed by atoms with van der Waals surface area (Å²) in [6, 6.07) is 5.72. The molecule has 1 aromatic carbocycles. The zero-order valence-corrected chi connectivity index (χ0v) is 9.16. The SMILES string of the molecule is C=CCOCc1ccc(OC)c(OC)c1. The fourth-order valence-electron chi connectivity index (χ4n) is 1.23. The van der Waals surface area contributed by atoms with Crippen LogP contribution in [0.2, 0.25) is 0 Å². The van der Waals surface area contributed by atoms with Gasteiger partial charge in [0.2, 0.25) is 0 Å². The molecule has 0 N–H and O–H groups in total. The number of hydrogen-bond donors (Lipinski definition) is 0. The van der Waals surface area contributed by atoms with Crippen molar-refractivity contribution in [2.45, 2.75) is 6.61 Å². The maximum atomic E-state index is 5.33. The smallest absolute Gasteiger partial charge is 0.161 e. The van der Waals surface area contributed by atoms with E-state index in [9.17, 15) is 0 Å². The lowest BCUT2D eigenvalue weighted by atomic mass is 10.2. The van der Waals surface area contributed by atoms with E-state index < -0.39 is 0 Å². The molecule has 0 aliphatic carbocycles. The highest BCUT2D eigenvalue weighted by atomic mass is 16.5. The molecule has 0 aliphatic rings. The molecule has 82 valence electrons. The number of methoxy groups -OCH3 is 2. The molecule has 0 aliphatic heterocycles. The van der Waals surface area contributed by atoms with Crippen LogP contribution in [0.5, 0.6) is 11.5 Å². The average Bonchev–Trinajstić information content (AvgIpc) is 2.29. The average molecular weight is 208 g/mol. The van der Waals surface area contributed by atoms with Crippen LogP contribution in [-0.4, -0.2) is 20.8 Å². The van der Waals surface area contributed by atoms with Gasteiger partial charge in [0.1, 0.15) is 0 Å². The second-order valence-corrected chi connectivity index (χ2v) is 2.99. The van der Waals surface area contributed by atoms with E-state index in [-0.39, 0.29) is 0 Å². The zero-order chi connectivity index (χ0) is 11.1. The first-order valence-corrected chi connectivity index (χ1v) is 4.71. The van der Waals surface area contributed by atoms with Gasteiger partial charge in [-0.1, -0.05) is 12.1 Å². The third-order valence-electron chi connectivity index (χ3n) is 1.95. The van der Waals surface area contributed by atoms with E-state index in [0.29, 0.717) is 13.2 Å². The van der Waals surface area contributed by atoms with Crippen molar-refractivity contribution in [2.75, 3.05) is 20.8 Å². The Balaban J connectivity index is 2.69. The minimum absolute atomic E-state index is 0.548. The minimum atomic E-state index is 0.548. The lowest BCUT2D eigenvalue weighted by molar-refractivity contribution is 0.148. The molecule has 0 bridgehead atoms. The Labute approximate surface area is 90.3 Å². The normalized spacial score (nSPS) is 9.73. The van der Waals surface area contributed by atoms with Crippen molar-refractivity contribution in [3.63, 3.8) is 0 Å². The van der Waals surface area contributed by atoms with Crippen molar-refractivity contribution in [3.8, 4) is 11.5 Å². The quantitative estimate of drug-likeness (QED) is 0.530. The number of benzene rings is 1. The molecule has 3 heteroatoms. The van der Waals surface area contributed by atoms with Crippen molar-refractivity contribution in [2.24, 2.45) is 0 Å². The Kier molecular flexibility index (Phi) is 4.71. The molecule has 0 saturated carbocycles. The van der Waals surface area contributed by atoms with Crippen LogP contribution in [0, 0.1) is 0 Å². The van der Waals surface area contributed by atoms with Gasteiger partial charge in [0.25, 0.3) is 0 Å². The van der Waals surface area contributed by atoms with Crippen LogP contribution in [-0.2, 0) is 11.3 Å². The third-order valence-corrected chi connectivity index (χ3v) is 1.95. The maximum absolute atomic E-state index is 5.33. The molecule has 0 unspecified atom stereocenters. The summed E-state index contributed by atoms with van der Waals surface area (Å²) in [5.41, 5.74) is 1.05. The Morgan fingerprint density at radius 3 is 2.53 bits per heavy atom. The van der Waals surface area contributed by atoms with Gasteiger partial charge in [-0.15, -0.1) is 6.58 Å². The minimum Gasteiger partial charge on any atom is -0.493 e. The highest BCUT2D eigenvalue weighted by molar-refractivity contribution is 5.42. The predicted octanol–water partition coefficient (Wildman–Crippen LogP) is 2.41. The standard InChI is InChI=1S/C12H16O3/c1-4-7-15-9-10-5-6-11(13-2)12(8-10)14-3/h4-6,8H,1,7,9H2,2-3H3. The van der Waals surface area contributed by atoms with E-state index in [0.717, 1.165) is 17.1 Å². The molecule has 3 nitrogen and oxygen atoms in total. The third kappa shape index (κ3) is 3.29. The maximum Gasteiger partial charge on any atom is 0.161 e. The van der Waals surface area contributed by atoms with Gasteiger partial charge in [-0.25, -0.2) is 0 Å². The molecular weight excluding hydrogens is 192 g/mol. The Morgan fingerprint density at radius 1 is 1.20 bits per heavy atom. The summed E-state index contributed by atoms with van der Waals surface area (Å²) >= 11 is 0. The molecule has 0 spiro atoms. The van der Waals surface area contributed by atoms with E-state index in [1.54, 1.807) is 20.3 Å². The molecule has 0 fully saturated rings. The van der Waals surface area contributed by atoms with E-state index >= 15 is 0 Å². The number of ether oxygens (including phenoxy) is 3. The predicted molar refractivity (Wildman–Crippen MR) is 59.4 cm³/mol. The molecule has 15 heavy (non-hydrogen) atoms. The van der Waals surface area contributed by atoms with Gasteiger partial charge >= 0.3 is 0 Å². The van der Waals surface area contributed by atoms with Crippen molar-refractivity contribution in [1.29, 1.82) is 0 Å². The van der Waals surface area contributed by atoms with Crippen LogP contribution in [0.15, 0.2) is 30.9 Å². The van der Waals surface area contributed by atoms with Crippen LogP contribution in [0.1, 0.15) is 5.56 Å². The van der Waals surface area contributed by atoms with Crippen molar-refractivity contribution < 1.29 is 14.2 Å². The van der Waals surface area contributed by atoms with Crippen molar-refractivity contribution in [3.05, 3.63) is 36.4 Å². The van der Waals surface area contributed by atoms with E-state index in [2.05, 4.69) is 6.58 Å². The molecule has 0 aromatic heterocycles. The van der Waals surface area contributed by atoms with Crippen LogP contribution in [0.25, 0.3) is 0 Å². The van der Waals surface area contributed by atoms with Gasteiger partial charge in [0, 0.05) is 0 Å². The monoisotopic (exact) mass is 208 g/mol. The highest BCUT2D eigenvalue weighted by Gasteiger charge is 2.03. The fraction of sp³-hybridized carbons (Fsp3) is 0.333. The first kappa shape index (κ1) is 11.6. The van der Waals surface area contributed by atoms with Gasteiger partial charge in [0.05, 0.1) is 27.4 Å². The van der Waals surface area contributed by atoms with Gasteiger partial charge in [-0.3, -0.25) is 0 Å². The lowest BCUT2D eigenvalue weighted by Crippen LogP contribution is -1.95. The van der Waals surface area contributed by atoms with Crippen LogP contribution < -0.4 is 9.47 Å². The summed E-state index contributed by atoms with van der Waals surface area (Å²) in [5.74, 6) is 1.45. The molecule has 1 rings (SSSR count). The van der Waals surface area contributed by atoms with Gasteiger partial charge in [-0.2, -0.15) is 0 Å². The van der Waals surface area contributed by atoms with Crippen LogP contribution in [0.3, 0.4) is 0 Å². The molecule has 0 amide bonds. The summed E-state index contributed by atoms with van der Waals surface area (Å²) < 4.78 is 15.6. The first-order valence-electron chi connectivity index (χ1n) is 4.71. The summed E-state index contributed by atoms with van der Waals surface area (Å²) in [4.78, 5) is 0. The Morgan fingerprint density at radius 2 is 1.93 bits per heavy atom. The molecular formula is C12H16O3. The van der Waals surface area contributed by atoms with E-state index in [4.69, 9.17) is 14.2 Å². The van der Waals surface area contributed by atoms with Crippen LogP contribution >= 0.6 is 0 Å². The molecule has 0 saturated heterocycles. The molecule has 0 radical (unpaired) electrons. The topological polar surface area (TPSA) is 27.7 Å². The van der Waals surface area contributed by atoms with Gasteiger partial charge in [0.15, 0.2) is 11.5 Å². The van der Waals surface area contributed by atoms with E-state index in [1.165, 1.54) is 0 Å². The fourth-order valence-corrected chi connectivity index (χ4v) is 1.23. The zero-order valence-electron chi connectivity index (χ0n) is 9.16. The summed E-state index contributed by atoms with van der Waals surface area (Å²) in [6.45, 7) is 4.68. The second kappa shape index (κ2) is 6.09. The van der Waals surface area contributed by atoms with Gasteiger partial charge in [-0.05, 0) is 17.7 Å². The molecule has 0 atom stereocenters. The van der Waals surface area contributed by atoms with Crippen molar-refractivity contribution in [1.82, 2.24) is 0 Å². The summed E-state index contributed by atoms with van der Waals surface area (Å²) in [5, 5.41) is 0. The molecule has 1 aromatic rings. The number of rotatable bonds is 6. The summed E-state index contributed by atoms with van der Waals surface area (Å²) in [7, 11) is 3.23. The van der Waals surface area contributed by atoms with Gasteiger partial charge < -0.3 is 14.2 Å². The Hall–Kier alpha value is -1.48.